The SMILES string of the molecule is COc1c(C)cnc(CC(NN)c2ccncn2)c1C. The van der Waals surface area contributed by atoms with E-state index in [1.807, 2.05) is 26.1 Å². The Bertz CT molecular complexity index is 573. The van der Waals surface area contributed by atoms with Gasteiger partial charge in [0.25, 0.3) is 0 Å². The van der Waals surface area contributed by atoms with Crippen molar-refractivity contribution in [2.24, 2.45) is 5.84 Å². The number of ether oxygens (including phenoxy) is 1. The van der Waals surface area contributed by atoms with Crippen LogP contribution in [0.25, 0.3) is 0 Å². The molecule has 0 saturated carbocycles. The maximum Gasteiger partial charge on any atom is 0.128 e. The summed E-state index contributed by atoms with van der Waals surface area (Å²) >= 11 is 0. The molecule has 0 fully saturated rings. The van der Waals surface area contributed by atoms with E-state index in [-0.39, 0.29) is 6.04 Å². The maximum absolute atomic E-state index is 5.63. The second-order valence-electron chi connectivity index (χ2n) is 4.60. The molecule has 0 aromatic carbocycles. The van der Waals surface area contributed by atoms with E-state index in [9.17, 15) is 0 Å². The average Bonchev–Trinajstić information content (AvgIpc) is 2.48. The number of nitrogens with two attached hydrogens (primary N) is 1. The van der Waals surface area contributed by atoms with Crippen molar-refractivity contribution in [3.63, 3.8) is 0 Å². The molecule has 3 N–H and O–H groups in total. The van der Waals surface area contributed by atoms with Crippen LogP contribution in [0.4, 0.5) is 0 Å². The Kier molecular flexibility index (Phi) is 4.60. The van der Waals surface area contributed by atoms with Crippen LogP contribution in [-0.4, -0.2) is 22.1 Å². The van der Waals surface area contributed by atoms with Crippen LogP contribution in [-0.2, 0) is 6.42 Å². The van der Waals surface area contributed by atoms with E-state index in [0.717, 1.165) is 28.3 Å². The zero-order valence-electron chi connectivity index (χ0n) is 11.9. The van der Waals surface area contributed by atoms with Gasteiger partial charge in [-0.3, -0.25) is 16.3 Å². The average molecular weight is 273 g/mol. The Morgan fingerprint density at radius 1 is 1.35 bits per heavy atom. The number of nitrogens with one attached hydrogen (secondary N) is 1. The molecule has 0 aliphatic carbocycles. The van der Waals surface area contributed by atoms with Crippen molar-refractivity contribution in [1.82, 2.24) is 20.4 Å². The highest BCUT2D eigenvalue weighted by molar-refractivity contribution is 5.41. The lowest BCUT2D eigenvalue weighted by Crippen LogP contribution is -2.30. The lowest BCUT2D eigenvalue weighted by Gasteiger charge is -2.17. The van der Waals surface area contributed by atoms with Crippen LogP contribution in [0.3, 0.4) is 0 Å². The third kappa shape index (κ3) is 2.92. The highest BCUT2D eigenvalue weighted by atomic mass is 16.5. The largest absolute Gasteiger partial charge is 0.496 e. The molecule has 0 amide bonds. The predicted molar refractivity (Wildman–Crippen MR) is 76.1 cm³/mol. The van der Waals surface area contributed by atoms with Crippen LogP contribution in [0.15, 0.2) is 24.8 Å². The molecule has 20 heavy (non-hydrogen) atoms. The molecule has 0 spiro atoms. The van der Waals surface area contributed by atoms with E-state index in [4.69, 9.17) is 10.6 Å². The molecule has 2 heterocycles. The van der Waals surface area contributed by atoms with Gasteiger partial charge in [-0.2, -0.15) is 0 Å². The van der Waals surface area contributed by atoms with E-state index < -0.39 is 0 Å². The Morgan fingerprint density at radius 2 is 2.15 bits per heavy atom. The molecule has 2 rings (SSSR count). The monoisotopic (exact) mass is 273 g/mol. The van der Waals surface area contributed by atoms with E-state index in [1.54, 1.807) is 13.3 Å². The molecular weight excluding hydrogens is 254 g/mol. The lowest BCUT2D eigenvalue weighted by molar-refractivity contribution is 0.406. The van der Waals surface area contributed by atoms with E-state index in [2.05, 4.69) is 20.4 Å². The number of aryl methyl sites for hydroxylation is 1. The second kappa shape index (κ2) is 6.40. The van der Waals surface area contributed by atoms with Crippen LogP contribution in [0.2, 0.25) is 0 Å². The van der Waals surface area contributed by atoms with Crippen LogP contribution in [0.5, 0.6) is 5.75 Å². The van der Waals surface area contributed by atoms with Gasteiger partial charge < -0.3 is 4.74 Å². The van der Waals surface area contributed by atoms with Crippen molar-refractivity contribution < 1.29 is 4.74 Å². The van der Waals surface area contributed by atoms with Gasteiger partial charge in [0.1, 0.15) is 12.1 Å². The fourth-order valence-corrected chi connectivity index (χ4v) is 2.23. The minimum absolute atomic E-state index is 0.114. The number of hydrazine groups is 1. The van der Waals surface area contributed by atoms with Gasteiger partial charge in [-0.25, -0.2) is 9.97 Å². The van der Waals surface area contributed by atoms with Crippen molar-refractivity contribution >= 4 is 0 Å². The number of methoxy groups -OCH3 is 1. The van der Waals surface area contributed by atoms with Gasteiger partial charge in [0.2, 0.25) is 0 Å². The molecule has 1 atom stereocenters. The summed E-state index contributed by atoms with van der Waals surface area (Å²) in [4.78, 5) is 12.6. The Morgan fingerprint density at radius 3 is 2.75 bits per heavy atom. The zero-order chi connectivity index (χ0) is 14.5. The fourth-order valence-electron chi connectivity index (χ4n) is 2.23. The van der Waals surface area contributed by atoms with Crippen LogP contribution < -0.4 is 16.0 Å². The van der Waals surface area contributed by atoms with Gasteiger partial charge >= 0.3 is 0 Å². The molecule has 2 aromatic rings. The van der Waals surface area contributed by atoms with Gasteiger partial charge in [0.15, 0.2) is 0 Å². The third-order valence-electron chi connectivity index (χ3n) is 3.31. The van der Waals surface area contributed by atoms with Gasteiger partial charge in [0, 0.05) is 35.6 Å². The number of nitrogens with zero attached hydrogens (tertiary/aromatic N) is 3. The standard InChI is InChI=1S/C14H19N5O/c1-9-7-17-12(10(2)14(9)20-3)6-13(19-15)11-4-5-16-8-18-11/h4-5,7-8,13,19H,6,15H2,1-3H3. The van der Waals surface area contributed by atoms with Crippen LogP contribution in [0, 0.1) is 13.8 Å². The lowest BCUT2D eigenvalue weighted by atomic mass is 10.0. The summed E-state index contributed by atoms with van der Waals surface area (Å²) in [5, 5.41) is 0. The molecule has 0 bridgehead atoms. The maximum atomic E-state index is 5.63. The summed E-state index contributed by atoms with van der Waals surface area (Å²) in [6, 6.07) is 1.72. The molecular formula is C14H19N5O. The number of hydrogen-bond acceptors (Lipinski definition) is 6. The quantitative estimate of drug-likeness (QED) is 0.630. The molecule has 6 heteroatoms. The minimum atomic E-state index is -0.114. The number of aromatic nitrogens is 3. The first-order chi connectivity index (χ1) is 9.67. The molecule has 6 nitrogen and oxygen atoms in total. The molecule has 106 valence electrons. The van der Waals surface area contributed by atoms with Crippen molar-refractivity contribution in [3.8, 4) is 5.75 Å². The molecule has 0 saturated heterocycles. The summed E-state index contributed by atoms with van der Waals surface area (Å²) < 4.78 is 5.42. The second-order valence-corrected chi connectivity index (χ2v) is 4.60. The third-order valence-corrected chi connectivity index (χ3v) is 3.31. The first-order valence-electron chi connectivity index (χ1n) is 6.38. The van der Waals surface area contributed by atoms with E-state index in [1.165, 1.54) is 6.33 Å². The number of rotatable bonds is 5. The van der Waals surface area contributed by atoms with Crippen LogP contribution >= 0.6 is 0 Å². The van der Waals surface area contributed by atoms with Crippen molar-refractivity contribution in [2.45, 2.75) is 26.3 Å². The number of hydrogen-bond donors (Lipinski definition) is 2. The topological polar surface area (TPSA) is 86.0 Å². The van der Waals surface area contributed by atoms with Crippen molar-refractivity contribution in [1.29, 1.82) is 0 Å². The molecule has 0 radical (unpaired) electrons. The molecule has 1 unspecified atom stereocenters. The first kappa shape index (κ1) is 14.4. The summed E-state index contributed by atoms with van der Waals surface area (Å²) in [5.41, 5.74) is 6.60. The molecule has 2 aromatic heterocycles. The van der Waals surface area contributed by atoms with E-state index >= 15 is 0 Å². The highest BCUT2D eigenvalue weighted by Crippen LogP contribution is 2.26. The Balaban J connectivity index is 2.29. The summed E-state index contributed by atoms with van der Waals surface area (Å²) in [7, 11) is 1.67. The highest BCUT2D eigenvalue weighted by Gasteiger charge is 2.16. The summed E-state index contributed by atoms with van der Waals surface area (Å²) in [6.45, 7) is 3.98. The van der Waals surface area contributed by atoms with Gasteiger partial charge in [-0.1, -0.05) is 0 Å². The van der Waals surface area contributed by atoms with E-state index in [0.29, 0.717) is 6.42 Å². The fraction of sp³-hybridized carbons (Fsp3) is 0.357. The Hall–Kier alpha value is -2.05. The summed E-state index contributed by atoms with van der Waals surface area (Å²) in [6.07, 6.45) is 5.66. The van der Waals surface area contributed by atoms with Crippen molar-refractivity contribution in [2.75, 3.05) is 7.11 Å². The van der Waals surface area contributed by atoms with Gasteiger partial charge in [-0.05, 0) is 19.9 Å². The van der Waals surface area contributed by atoms with Gasteiger partial charge in [0.05, 0.1) is 18.8 Å². The Labute approximate surface area is 118 Å². The zero-order valence-corrected chi connectivity index (χ0v) is 11.9. The summed E-state index contributed by atoms with van der Waals surface area (Å²) in [5.74, 6) is 6.50. The molecule has 0 aliphatic heterocycles. The van der Waals surface area contributed by atoms with Crippen molar-refractivity contribution in [3.05, 3.63) is 47.3 Å². The number of pyridine rings is 1. The van der Waals surface area contributed by atoms with Crippen LogP contribution in [0.1, 0.15) is 28.6 Å². The first-order valence-corrected chi connectivity index (χ1v) is 6.38. The minimum Gasteiger partial charge on any atom is -0.496 e. The van der Waals surface area contributed by atoms with Gasteiger partial charge in [-0.15, -0.1) is 0 Å². The smallest absolute Gasteiger partial charge is 0.128 e. The molecule has 0 aliphatic rings. The predicted octanol–water partition coefficient (Wildman–Crippen LogP) is 1.24. The normalized spacial score (nSPS) is 12.2.